The summed E-state index contributed by atoms with van der Waals surface area (Å²) in [6.45, 7) is 3.36. The lowest BCUT2D eigenvalue weighted by Gasteiger charge is -2.21. The molecule has 0 amide bonds. The number of hydrogen-bond donors (Lipinski definition) is 2. The minimum Gasteiger partial charge on any atom is -0.355 e. The number of pyridine rings is 1. The lowest BCUT2D eigenvalue weighted by Crippen LogP contribution is -2.37. The summed E-state index contributed by atoms with van der Waals surface area (Å²) < 4.78 is 14.5. The maximum atomic E-state index is 14.5. The summed E-state index contributed by atoms with van der Waals surface area (Å²) in [5.74, 6) is 0.576. The molecule has 2 N–H and O–H groups in total. The first-order valence-corrected chi connectivity index (χ1v) is 7.43. The third-order valence-electron chi connectivity index (χ3n) is 3.77. The van der Waals surface area contributed by atoms with Crippen molar-refractivity contribution in [3.63, 3.8) is 0 Å². The van der Waals surface area contributed by atoms with Gasteiger partial charge >= 0.3 is 0 Å². The number of nitrogens with zero attached hydrogens (tertiary/aromatic N) is 2. The highest BCUT2D eigenvalue weighted by Gasteiger charge is 2.20. The van der Waals surface area contributed by atoms with Crippen LogP contribution in [0.1, 0.15) is 22.7 Å². The van der Waals surface area contributed by atoms with Crippen LogP contribution in [0.25, 0.3) is 0 Å². The Hall–Kier alpha value is -2.43. The Kier molecular flexibility index (Phi) is 4.32. The zero-order valence-corrected chi connectivity index (χ0v) is 12.5. The molecular weight excluding hydrogens is 279 g/mol. The Morgan fingerprint density at radius 1 is 1.27 bits per heavy atom. The third-order valence-corrected chi connectivity index (χ3v) is 3.77. The predicted molar refractivity (Wildman–Crippen MR) is 85.3 cm³/mol. The first-order valence-electron chi connectivity index (χ1n) is 7.43. The van der Waals surface area contributed by atoms with Gasteiger partial charge in [-0.2, -0.15) is 0 Å². The van der Waals surface area contributed by atoms with Crippen molar-refractivity contribution < 1.29 is 4.39 Å². The van der Waals surface area contributed by atoms with Gasteiger partial charge in [0, 0.05) is 24.5 Å². The zero-order chi connectivity index (χ0) is 15.4. The van der Waals surface area contributed by atoms with E-state index < -0.39 is 0 Å². The van der Waals surface area contributed by atoms with E-state index in [9.17, 15) is 4.39 Å². The smallest absolute Gasteiger partial charge is 0.191 e. The van der Waals surface area contributed by atoms with Crippen molar-refractivity contribution in [2.45, 2.75) is 19.4 Å². The number of aryl methyl sites for hydroxylation is 1. The second kappa shape index (κ2) is 6.56. The van der Waals surface area contributed by atoms with Crippen LogP contribution in [0.3, 0.4) is 0 Å². The van der Waals surface area contributed by atoms with Crippen molar-refractivity contribution in [1.82, 2.24) is 15.6 Å². The van der Waals surface area contributed by atoms with Crippen LogP contribution >= 0.6 is 0 Å². The summed E-state index contributed by atoms with van der Waals surface area (Å²) in [5, 5.41) is 6.51. The third kappa shape index (κ3) is 3.24. The second-order valence-corrected chi connectivity index (χ2v) is 5.39. The summed E-state index contributed by atoms with van der Waals surface area (Å²) in [7, 11) is 0. The van der Waals surface area contributed by atoms with Crippen LogP contribution in [0.2, 0.25) is 0 Å². The number of rotatable bonds is 4. The maximum absolute atomic E-state index is 14.5. The zero-order valence-electron chi connectivity index (χ0n) is 12.5. The molecule has 114 valence electrons. The Balaban J connectivity index is 1.89. The van der Waals surface area contributed by atoms with E-state index in [1.54, 1.807) is 25.4 Å². The molecule has 3 rings (SSSR count). The van der Waals surface area contributed by atoms with Crippen LogP contribution in [-0.4, -0.2) is 24.0 Å². The Bertz CT molecular complexity index is 670. The predicted octanol–water partition coefficient (Wildman–Crippen LogP) is 2.36. The van der Waals surface area contributed by atoms with E-state index in [1.807, 2.05) is 24.3 Å². The minimum absolute atomic E-state index is 0.160. The Labute approximate surface area is 129 Å². The van der Waals surface area contributed by atoms with Crippen molar-refractivity contribution >= 4 is 5.96 Å². The maximum Gasteiger partial charge on any atom is 0.191 e. The van der Waals surface area contributed by atoms with Gasteiger partial charge in [0.1, 0.15) is 5.82 Å². The highest BCUT2D eigenvalue weighted by Crippen LogP contribution is 2.23. The molecule has 0 saturated carbocycles. The van der Waals surface area contributed by atoms with Gasteiger partial charge in [-0.1, -0.05) is 18.2 Å². The standard InChI is InChI=1S/C17H19FN4/c1-12-3-2-4-14(16(12)18)15(22-17-20-9-10-21-17)11-13-5-7-19-8-6-13/h2-8,15H,9-11H2,1H3,(H2,20,21,22). The fourth-order valence-corrected chi connectivity index (χ4v) is 2.59. The fraction of sp³-hybridized carbons (Fsp3) is 0.294. The topological polar surface area (TPSA) is 49.3 Å². The molecule has 1 unspecified atom stereocenters. The minimum atomic E-state index is -0.174. The molecule has 5 heteroatoms. The normalized spacial score (nSPS) is 15.1. The average molecular weight is 298 g/mol. The molecule has 0 bridgehead atoms. The van der Waals surface area contributed by atoms with Gasteiger partial charge in [0.05, 0.1) is 12.6 Å². The average Bonchev–Trinajstić information content (AvgIpc) is 3.03. The number of nitrogens with one attached hydrogen (secondary N) is 2. The van der Waals surface area contributed by atoms with Gasteiger partial charge in [-0.15, -0.1) is 0 Å². The first kappa shape index (κ1) is 14.5. The molecule has 4 nitrogen and oxygen atoms in total. The molecule has 2 heterocycles. The highest BCUT2D eigenvalue weighted by molar-refractivity contribution is 5.81. The van der Waals surface area contributed by atoms with Crippen LogP contribution in [-0.2, 0) is 6.42 Å². The van der Waals surface area contributed by atoms with Gasteiger partial charge in [-0.25, -0.2) is 4.39 Å². The van der Waals surface area contributed by atoms with Crippen LogP contribution in [0.5, 0.6) is 0 Å². The number of aliphatic imine (C=N–C) groups is 1. The molecule has 2 aromatic rings. The summed E-state index contributed by atoms with van der Waals surface area (Å²) in [6, 6.07) is 9.23. The lowest BCUT2D eigenvalue weighted by molar-refractivity contribution is 0.549. The first-order chi connectivity index (χ1) is 10.7. The molecule has 0 spiro atoms. The largest absolute Gasteiger partial charge is 0.355 e. The van der Waals surface area contributed by atoms with Crippen LogP contribution in [0.15, 0.2) is 47.7 Å². The van der Waals surface area contributed by atoms with Crippen LogP contribution in [0, 0.1) is 12.7 Å². The van der Waals surface area contributed by atoms with Crippen molar-refractivity contribution in [2.75, 3.05) is 13.1 Å². The van der Waals surface area contributed by atoms with E-state index in [4.69, 9.17) is 0 Å². The number of guanidine groups is 1. The molecule has 22 heavy (non-hydrogen) atoms. The van der Waals surface area contributed by atoms with Crippen LogP contribution in [0.4, 0.5) is 4.39 Å². The monoisotopic (exact) mass is 298 g/mol. The van der Waals surface area contributed by atoms with E-state index in [1.165, 1.54) is 0 Å². The van der Waals surface area contributed by atoms with Crippen LogP contribution < -0.4 is 10.6 Å². The van der Waals surface area contributed by atoms with Gasteiger partial charge in [-0.05, 0) is 36.6 Å². The number of hydrogen-bond acceptors (Lipinski definition) is 4. The van der Waals surface area contributed by atoms with E-state index in [0.717, 1.165) is 24.6 Å². The van der Waals surface area contributed by atoms with Gasteiger partial charge in [0.15, 0.2) is 5.96 Å². The molecule has 1 aliphatic heterocycles. The van der Waals surface area contributed by atoms with Crippen molar-refractivity contribution in [3.05, 3.63) is 65.2 Å². The van der Waals surface area contributed by atoms with E-state index in [0.29, 0.717) is 17.5 Å². The SMILES string of the molecule is Cc1cccc(C(Cc2ccncc2)NC2=NCCN2)c1F. The summed E-state index contributed by atoms with van der Waals surface area (Å²) in [4.78, 5) is 8.38. The molecule has 0 radical (unpaired) electrons. The number of benzene rings is 1. The quantitative estimate of drug-likeness (QED) is 0.911. The summed E-state index contributed by atoms with van der Waals surface area (Å²) >= 11 is 0. The summed E-state index contributed by atoms with van der Waals surface area (Å²) in [5.41, 5.74) is 2.42. The van der Waals surface area contributed by atoms with Gasteiger partial charge in [0.2, 0.25) is 0 Å². The molecule has 1 aromatic heterocycles. The summed E-state index contributed by atoms with van der Waals surface area (Å²) in [6.07, 6.45) is 4.18. The molecule has 1 atom stereocenters. The molecule has 0 fully saturated rings. The number of aromatic nitrogens is 1. The van der Waals surface area contributed by atoms with E-state index in [2.05, 4.69) is 20.6 Å². The van der Waals surface area contributed by atoms with Crippen molar-refractivity contribution in [3.8, 4) is 0 Å². The van der Waals surface area contributed by atoms with Crippen molar-refractivity contribution in [2.24, 2.45) is 4.99 Å². The van der Waals surface area contributed by atoms with E-state index >= 15 is 0 Å². The second-order valence-electron chi connectivity index (χ2n) is 5.39. The highest BCUT2D eigenvalue weighted by atomic mass is 19.1. The Morgan fingerprint density at radius 2 is 2.09 bits per heavy atom. The number of halogens is 1. The van der Waals surface area contributed by atoms with Gasteiger partial charge < -0.3 is 10.6 Å². The molecular formula is C17H19FN4. The molecule has 1 aromatic carbocycles. The molecule has 1 aliphatic rings. The molecule has 0 saturated heterocycles. The molecule has 0 aliphatic carbocycles. The van der Waals surface area contributed by atoms with E-state index in [-0.39, 0.29) is 11.9 Å². The Morgan fingerprint density at radius 3 is 2.82 bits per heavy atom. The fourth-order valence-electron chi connectivity index (χ4n) is 2.59. The van der Waals surface area contributed by atoms with Crippen molar-refractivity contribution in [1.29, 1.82) is 0 Å². The lowest BCUT2D eigenvalue weighted by atomic mass is 9.97. The van der Waals surface area contributed by atoms with Gasteiger partial charge in [0.25, 0.3) is 0 Å². The van der Waals surface area contributed by atoms with Gasteiger partial charge in [-0.3, -0.25) is 9.98 Å².